The average molecular weight is 467 g/mol. The molecule has 0 bridgehead atoms. The van der Waals surface area contributed by atoms with Gasteiger partial charge in [0.1, 0.15) is 11.6 Å². The van der Waals surface area contributed by atoms with E-state index in [9.17, 15) is 9.18 Å². The lowest BCUT2D eigenvalue weighted by molar-refractivity contribution is 0.101. The molecule has 0 aliphatic heterocycles. The summed E-state index contributed by atoms with van der Waals surface area (Å²) in [6.07, 6.45) is 0. The van der Waals surface area contributed by atoms with Gasteiger partial charge in [-0.15, -0.1) is 5.10 Å². The van der Waals surface area contributed by atoms with Crippen LogP contribution in [0, 0.1) is 5.82 Å². The predicted octanol–water partition coefficient (Wildman–Crippen LogP) is 5.10. The summed E-state index contributed by atoms with van der Waals surface area (Å²) in [5, 5.41) is 7.10. The lowest BCUT2D eigenvalue weighted by Crippen LogP contribution is -2.14. The number of aromatic nitrogens is 3. The second-order valence-corrected chi connectivity index (χ2v) is 7.25. The highest BCUT2D eigenvalue weighted by Crippen LogP contribution is 2.24. The highest BCUT2D eigenvalue weighted by Gasteiger charge is 2.19. The molecule has 30 heavy (non-hydrogen) atoms. The lowest BCUT2D eigenvalue weighted by Gasteiger charge is -2.07. The van der Waals surface area contributed by atoms with Crippen molar-refractivity contribution in [1.29, 1.82) is 0 Å². The minimum Gasteiger partial charge on any atom is -0.497 e. The second kappa shape index (κ2) is 8.46. The van der Waals surface area contributed by atoms with Crippen molar-refractivity contribution in [3.8, 4) is 22.8 Å². The minimum atomic E-state index is -0.493. The molecule has 4 aromatic rings. The second-order valence-electron chi connectivity index (χ2n) is 6.34. The number of carbonyl (C=O) groups is 1. The number of amides is 1. The molecule has 6 nitrogen and oxygen atoms in total. The summed E-state index contributed by atoms with van der Waals surface area (Å²) in [7, 11) is 1.59. The third-order valence-electron chi connectivity index (χ3n) is 4.33. The molecular weight excluding hydrogens is 451 g/mol. The molecule has 0 saturated heterocycles. The fraction of sp³-hybridized carbons (Fsp3) is 0.0455. The zero-order valence-corrected chi connectivity index (χ0v) is 17.4. The molecule has 150 valence electrons. The summed E-state index contributed by atoms with van der Waals surface area (Å²) in [6, 6.07) is 20.3. The largest absolute Gasteiger partial charge is 0.497 e. The number of halogens is 2. The summed E-state index contributed by atoms with van der Waals surface area (Å²) in [4.78, 5) is 17.2. The van der Waals surface area contributed by atoms with Crippen molar-refractivity contribution in [1.82, 2.24) is 14.8 Å². The highest BCUT2D eigenvalue weighted by molar-refractivity contribution is 9.10. The minimum absolute atomic E-state index is 0.00642. The van der Waals surface area contributed by atoms with Crippen LogP contribution in [0.2, 0.25) is 0 Å². The standard InChI is InChI=1S/C22H16BrFN4O2/c1-30-19-12-10-18(11-13-19)28-21(14-2-4-15(23)5-3-14)26-20(27-28)22(29)25-17-8-6-16(24)7-9-17/h2-13H,1H3,(H,25,29). The van der Waals surface area contributed by atoms with Gasteiger partial charge < -0.3 is 10.1 Å². The van der Waals surface area contributed by atoms with E-state index in [0.717, 1.165) is 15.7 Å². The van der Waals surface area contributed by atoms with E-state index < -0.39 is 5.91 Å². The first-order valence-electron chi connectivity index (χ1n) is 8.98. The molecule has 3 aromatic carbocycles. The summed E-state index contributed by atoms with van der Waals surface area (Å²) < 4.78 is 20.8. The van der Waals surface area contributed by atoms with Gasteiger partial charge in [0, 0.05) is 15.7 Å². The van der Waals surface area contributed by atoms with Crippen LogP contribution in [0.1, 0.15) is 10.6 Å². The predicted molar refractivity (Wildman–Crippen MR) is 115 cm³/mol. The van der Waals surface area contributed by atoms with Crippen LogP contribution in [0.25, 0.3) is 17.1 Å². The van der Waals surface area contributed by atoms with Gasteiger partial charge in [0.05, 0.1) is 12.8 Å². The Morgan fingerprint density at radius 1 is 1.00 bits per heavy atom. The maximum absolute atomic E-state index is 13.1. The molecule has 1 amide bonds. The van der Waals surface area contributed by atoms with Gasteiger partial charge in [-0.05, 0) is 60.7 Å². The van der Waals surface area contributed by atoms with E-state index in [-0.39, 0.29) is 11.6 Å². The van der Waals surface area contributed by atoms with Gasteiger partial charge in [0.25, 0.3) is 5.91 Å². The van der Waals surface area contributed by atoms with Crippen LogP contribution in [0.3, 0.4) is 0 Å². The molecule has 0 spiro atoms. The summed E-state index contributed by atoms with van der Waals surface area (Å²) in [6.45, 7) is 0. The molecule has 0 aliphatic carbocycles. The van der Waals surface area contributed by atoms with Gasteiger partial charge in [-0.25, -0.2) is 14.1 Å². The maximum Gasteiger partial charge on any atom is 0.295 e. The quantitative estimate of drug-likeness (QED) is 0.444. The van der Waals surface area contributed by atoms with Gasteiger partial charge >= 0.3 is 0 Å². The van der Waals surface area contributed by atoms with Gasteiger partial charge in [0.2, 0.25) is 5.82 Å². The molecule has 0 fully saturated rings. The first-order chi connectivity index (χ1) is 14.5. The highest BCUT2D eigenvalue weighted by atomic mass is 79.9. The number of benzene rings is 3. The van der Waals surface area contributed by atoms with E-state index in [1.54, 1.807) is 23.9 Å². The zero-order chi connectivity index (χ0) is 21.1. The van der Waals surface area contributed by atoms with E-state index in [2.05, 4.69) is 31.3 Å². The number of anilines is 1. The van der Waals surface area contributed by atoms with Crippen molar-refractivity contribution in [3.05, 3.63) is 88.9 Å². The summed E-state index contributed by atoms with van der Waals surface area (Å²) in [5.74, 6) is 0.336. The molecule has 1 N–H and O–H groups in total. The first kappa shape index (κ1) is 19.8. The summed E-state index contributed by atoms with van der Waals surface area (Å²) >= 11 is 3.42. The monoisotopic (exact) mass is 466 g/mol. The number of nitrogens with zero attached hydrogens (tertiary/aromatic N) is 3. The van der Waals surface area contributed by atoms with Crippen LogP contribution < -0.4 is 10.1 Å². The van der Waals surface area contributed by atoms with E-state index >= 15 is 0 Å². The van der Waals surface area contributed by atoms with Gasteiger partial charge in [-0.2, -0.15) is 0 Å². The molecule has 0 aliphatic rings. The third-order valence-corrected chi connectivity index (χ3v) is 4.86. The number of rotatable bonds is 5. The van der Waals surface area contributed by atoms with Crippen molar-refractivity contribution in [2.75, 3.05) is 12.4 Å². The maximum atomic E-state index is 13.1. The van der Waals surface area contributed by atoms with Crippen LogP contribution in [0.5, 0.6) is 5.75 Å². The average Bonchev–Trinajstić information content (AvgIpc) is 3.21. The van der Waals surface area contributed by atoms with Gasteiger partial charge in [0.15, 0.2) is 5.82 Å². The van der Waals surface area contributed by atoms with Gasteiger partial charge in [-0.3, -0.25) is 4.79 Å². The van der Waals surface area contributed by atoms with Crippen LogP contribution in [-0.2, 0) is 0 Å². The number of carbonyl (C=O) groups excluding carboxylic acids is 1. The fourth-order valence-electron chi connectivity index (χ4n) is 2.82. The number of methoxy groups -OCH3 is 1. The Labute approximate surface area is 180 Å². The van der Waals surface area contributed by atoms with Crippen LogP contribution in [-0.4, -0.2) is 27.8 Å². The topological polar surface area (TPSA) is 69.0 Å². The molecule has 1 aromatic heterocycles. The van der Waals surface area contributed by atoms with Crippen LogP contribution in [0.4, 0.5) is 10.1 Å². The van der Waals surface area contributed by atoms with Crippen molar-refractivity contribution in [2.45, 2.75) is 0 Å². The number of ether oxygens (including phenoxy) is 1. The Morgan fingerprint density at radius 2 is 1.67 bits per heavy atom. The van der Waals surface area contributed by atoms with Crippen LogP contribution >= 0.6 is 15.9 Å². The van der Waals surface area contributed by atoms with Crippen molar-refractivity contribution in [2.24, 2.45) is 0 Å². The first-order valence-corrected chi connectivity index (χ1v) is 9.77. The van der Waals surface area contributed by atoms with E-state index in [0.29, 0.717) is 17.3 Å². The Hall–Kier alpha value is -3.52. The van der Waals surface area contributed by atoms with Crippen molar-refractivity contribution >= 4 is 27.5 Å². The summed E-state index contributed by atoms with van der Waals surface area (Å²) in [5.41, 5.74) is 1.97. The zero-order valence-electron chi connectivity index (χ0n) is 15.8. The Balaban J connectivity index is 1.73. The molecule has 4 rings (SSSR count). The molecule has 8 heteroatoms. The molecular formula is C22H16BrFN4O2. The molecule has 0 unspecified atom stereocenters. The number of hydrogen-bond donors (Lipinski definition) is 1. The molecule has 1 heterocycles. The van der Waals surface area contributed by atoms with Gasteiger partial charge in [-0.1, -0.05) is 28.1 Å². The van der Waals surface area contributed by atoms with Crippen LogP contribution in [0.15, 0.2) is 77.3 Å². The Bertz CT molecular complexity index is 1170. The molecule has 0 saturated carbocycles. The van der Waals surface area contributed by atoms with E-state index in [1.165, 1.54) is 24.3 Å². The van der Waals surface area contributed by atoms with E-state index in [1.807, 2.05) is 36.4 Å². The fourth-order valence-corrected chi connectivity index (χ4v) is 3.08. The Morgan fingerprint density at radius 3 is 2.30 bits per heavy atom. The number of hydrogen-bond acceptors (Lipinski definition) is 4. The molecule has 0 atom stereocenters. The SMILES string of the molecule is COc1ccc(-n2nc(C(=O)Nc3ccc(F)cc3)nc2-c2ccc(Br)cc2)cc1. The Kier molecular flexibility index (Phi) is 5.58. The third kappa shape index (κ3) is 4.23. The van der Waals surface area contributed by atoms with E-state index in [4.69, 9.17) is 4.74 Å². The lowest BCUT2D eigenvalue weighted by atomic mass is 10.2. The normalized spacial score (nSPS) is 10.6. The smallest absolute Gasteiger partial charge is 0.295 e. The van der Waals surface area contributed by atoms with Crippen molar-refractivity contribution in [3.63, 3.8) is 0 Å². The number of nitrogens with one attached hydrogen (secondary N) is 1. The van der Waals surface area contributed by atoms with Crippen molar-refractivity contribution < 1.29 is 13.9 Å². The molecule has 0 radical (unpaired) electrons.